The van der Waals surface area contributed by atoms with Gasteiger partial charge in [-0.2, -0.15) is 18.3 Å². The maximum Gasteiger partial charge on any atom is 0.391 e. The van der Waals surface area contributed by atoms with Crippen LogP contribution in [0.25, 0.3) is 11.3 Å². The minimum absolute atomic E-state index is 0.113. The zero-order valence-electron chi connectivity index (χ0n) is 14.9. The summed E-state index contributed by atoms with van der Waals surface area (Å²) in [5.74, 6) is -1.03. The van der Waals surface area contributed by atoms with E-state index in [1.54, 1.807) is 22.9 Å². The quantitative estimate of drug-likeness (QED) is 0.756. The highest BCUT2D eigenvalue weighted by atomic mass is 35.5. The smallest absolute Gasteiger partial charge is 0.391 e. The van der Waals surface area contributed by atoms with E-state index in [9.17, 15) is 18.3 Å². The van der Waals surface area contributed by atoms with Gasteiger partial charge in [0.25, 0.3) is 0 Å². The standard InChI is InChI=1S/C18H22ClF3N2O2/c1-4-14-16(19)17(24(23-14)7-8-25)13-6-5-12(10-15(13)26-3)9-11(2)18(20,21)22/h5-6,10-11,25H,4,7-9H2,1-3H3. The summed E-state index contributed by atoms with van der Waals surface area (Å²) in [6.07, 6.45) is -3.76. The number of alkyl halides is 3. The average Bonchev–Trinajstić information content (AvgIpc) is 2.89. The van der Waals surface area contributed by atoms with Crippen molar-refractivity contribution in [3.05, 3.63) is 34.5 Å². The number of aromatic nitrogens is 2. The van der Waals surface area contributed by atoms with Crippen LogP contribution in [-0.2, 0) is 19.4 Å². The van der Waals surface area contributed by atoms with Crippen molar-refractivity contribution in [2.24, 2.45) is 5.92 Å². The van der Waals surface area contributed by atoms with Crippen molar-refractivity contribution in [2.75, 3.05) is 13.7 Å². The Bertz CT molecular complexity index is 760. The summed E-state index contributed by atoms with van der Waals surface area (Å²) in [5.41, 5.74) is 2.42. The van der Waals surface area contributed by atoms with E-state index >= 15 is 0 Å². The highest BCUT2D eigenvalue weighted by Crippen LogP contribution is 2.38. The van der Waals surface area contributed by atoms with Gasteiger partial charge in [0.2, 0.25) is 0 Å². The Hall–Kier alpha value is -1.73. The van der Waals surface area contributed by atoms with E-state index in [2.05, 4.69) is 5.10 Å². The van der Waals surface area contributed by atoms with Crippen LogP contribution in [0, 0.1) is 5.92 Å². The molecule has 144 valence electrons. The summed E-state index contributed by atoms with van der Waals surface area (Å²) >= 11 is 6.44. The number of hydrogen-bond acceptors (Lipinski definition) is 3. The first-order valence-corrected chi connectivity index (χ1v) is 8.70. The number of halogens is 4. The van der Waals surface area contributed by atoms with Crippen molar-refractivity contribution in [3.63, 3.8) is 0 Å². The molecule has 2 rings (SSSR count). The topological polar surface area (TPSA) is 47.3 Å². The van der Waals surface area contributed by atoms with Gasteiger partial charge < -0.3 is 9.84 Å². The second-order valence-corrected chi connectivity index (χ2v) is 6.47. The fourth-order valence-corrected chi connectivity index (χ4v) is 3.13. The molecule has 0 amide bonds. The number of nitrogens with zero attached hydrogens (tertiary/aromatic N) is 2. The van der Waals surface area contributed by atoms with Gasteiger partial charge in [-0.05, 0) is 30.5 Å². The first kappa shape index (κ1) is 20.6. The van der Waals surface area contributed by atoms with E-state index in [1.165, 1.54) is 7.11 Å². The molecule has 0 aliphatic heterocycles. The lowest BCUT2D eigenvalue weighted by molar-refractivity contribution is -0.169. The summed E-state index contributed by atoms with van der Waals surface area (Å²) in [6, 6.07) is 4.92. The molecule has 0 fully saturated rings. The largest absolute Gasteiger partial charge is 0.496 e. The molecule has 0 saturated heterocycles. The van der Waals surface area contributed by atoms with Gasteiger partial charge in [0.15, 0.2) is 0 Å². The molecule has 4 nitrogen and oxygen atoms in total. The van der Waals surface area contributed by atoms with Crippen molar-refractivity contribution >= 4 is 11.6 Å². The summed E-state index contributed by atoms with van der Waals surface area (Å²) in [5, 5.41) is 14.1. The molecule has 8 heteroatoms. The Morgan fingerprint density at radius 1 is 1.35 bits per heavy atom. The lowest BCUT2D eigenvalue weighted by atomic mass is 9.98. The van der Waals surface area contributed by atoms with Gasteiger partial charge in [-0.15, -0.1) is 0 Å². The van der Waals surface area contributed by atoms with Crippen LogP contribution in [-0.4, -0.2) is 34.8 Å². The molecule has 1 heterocycles. The van der Waals surface area contributed by atoms with Crippen LogP contribution < -0.4 is 4.74 Å². The number of aliphatic hydroxyl groups is 1. The molecule has 0 bridgehead atoms. The Labute approximate surface area is 155 Å². The van der Waals surface area contributed by atoms with Crippen molar-refractivity contribution in [2.45, 2.75) is 39.4 Å². The molecule has 2 aromatic rings. The summed E-state index contributed by atoms with van der Waals surface area (Å²) in [7, 11) is 1.46. The number of aryl methyl sites for hydroxylation is 1. The third kappa shape index (κ3) is 4.32. The molecule has 1 unspecified atom stereocenters. The number of aliphatic hydroxyl groups excluding tert-OH is 1. The van der Waals surface area contributed by atoms with Crippen LogP contribution in [0.3, 0.4) is 0 Å². The number of ether oxygens (including phenoxy) is 1. The minimum atomic E-state index is -4.25. The number of methoxy groups -OCH3 is 1. The maximum absolute atomic E-state index is 12.8. The van der Waals surface area contributed by atoms with Crippen LogP contribution in [0.5, 0.6) is 5.75 Å². The molecule has 0 aliphatic carbocycles. The second kappa shape index (κ2) is 8.31. The van der Waals surface area contributed by atoms with Crippen molar-refractivity contribution < 1.29 is 23.0 Å². The number of rotatable bonds is 7. The third-order valence-electron chi connectivity index (χ3n) is 4.23. The van der Waals surface area contributed by atoms with Crippen molar-refractivity contribution in [3.8, 4) is 17.0 Å². The molecule has 26 heavy (non-hydrogen) atoms. The van der Waals surface area contributed by atoms with Crippen molar-refractivity contribution in [1.29, 1.82) is 0 Å². The van der Waals surface area contributed by atoms with E-state index in [0.717, 1.165) is 6.92 Å². The summed E-state index contributed by atoms with van der Waals surface area (Å²) < 4.78 is 45.4. The molecule has 1 atom stereocenters. The Balaban J connectivity index is 2.47. The fraction of sp³-hybridized carbons (Fsp3) is 0.500. The van der Waals surface area contributed by atoms with Crippen LogP contribution in [0.4, 0.5) is 13.2 Å². The zero-order valence-corrected chi connectivity index (χ0v) is 15.7. The lowest BCUT2D eigenvalue weighted by Gasteiger charge is -2.17. The van der Waals surface area contributed by atoms with E-state index in [4.69, 9.17) is 16.3 Å². The van der Waals surface area contributed by atoms with Crippen LogP contribution in [0.2, 0.25) is 5.02 Å². The van der Waals surface area contributed by atoms with E-state index in [-0.39, 0.29) is 19.6 Å². The van der Waals surface area contributed by atoms with Crippen LogP contribution >= 0.6 is 11.6 Å². The molecule has 0 radical (unpaired) electrons. The zero-order chi connectivity index (χ0) is 19.5. The Morgan fingerprint density at radius 3 is 2.58 bits per heavy atom. The van der Waals surface area contributed by atoms with Crippen molar-refractivity contribution in [1.82, 2.24) is 9.78 Å². The second-order valence-electron chi connectivity index (χ2n) is 6.09. The molecule has 0 saturated carbocycles. The molecule has 1 N–H and O–H groups in total. The minimum Gasteiger partial charge on any atom is -0.496 e. The molecule has 0 aliphatic rings. The lowest BCUT2D eigenvalue weighted by Crippen LogP contribution is -2.21. The van der Waals surface area contributed by atoms with Gasteiger partial charge in [-0.3, -0.25) is 4.68 Å². The Morgan fingerprint density at radius 2 is 2.04 bits per heavy atom. The number of hydrogen-bond donors (Lipinski definition) is 1. The van der Waals surface area contributed by atoms with Gasteiger partial charge >= 0.3 is 6.18 Å². The average molecular weight is 391 g/mol. The highest BCUT2D eigenvalue weighted by Gasteiger charge is 2.35. The number of benzene rings is 1. The first-order chi connectivity index (χ1) is 12.2. The van der Waals surface area contributed by atoms with Crippen LogP contribution in [0.1, 0.15) is 25.1 Å². The fourth-order valence-electron chi connectivity index (χ4n) is 2.76. The van der Waals surface area contributed by atoms with Crippen LogP contribution in [0.15, 0.2) is 18.2 Å². The van der Waals surface area contributed by atoms with E-state index in [1.807, 2.05) is 6.92 Å². The molecular formula is C18H22ClF3N2O2. The summed E-state index contributed by atoms with van der Waals surface area (Å²) in [6.45, 7) is 3.21. The highest BCUT2D eigenvalue weighted by molar-refractivity contribution is 6.33. The van der Waals surface area contributed by atoms with Gasteiger partial charge in [-0.1, -0.05) is 31.5 Å². The molecular weight excluding hydrogens is 369 g/mol. The van der Waals surface area contributed by atoms with Gasteiger partial charge in [0.1, 0.15) is 5.75 Å². The third-order valence-corrected chi connectivity index (χ3v) is 4.63. The monoisotopic (exact) mass is 390 g/mol. The predicted molar refractivity (Wildman–Crippen MR) is 94.6 cm³/mol. The predicted octanol–water partition coefficient (Wildman–Crippen LogP) is 4.51. The molecule has 0 spiro atoms. The normalized spacial score (nSPS) is 13.1. The van der Waals surface area contributed by atoms with E-state index in [0.29, 0.717) is 39.7 Å². The molecule has 1 aromatic heterocycles. The van der Waals surface area contributed by atoms with E-state index < -0.39 is 12.1 Å². The van der Waals surface area contributed by atoms with Gasteiger partial charge in [0.05, 0.1) is 42.6 Å². The molecule has 1 aromatic carbocycles. The Kier molecular flexibility index (Phi) is 6.58. The van der Waals surface area contributed by atoms with Gasteiger partial charge in [-0.25, -0.2) is 0 Å². The summed E-state index contributed by atoms with van der Waals surface area (Å²) in [4.78, 5) is 0. The van der Waals surface area contributed by atoms with Gasteiger partial charge in [0, 0.05) is 5.56 Å². The SMILES string of the molecule is CCc1nn(CCO)c(-c2ccc(CC(C)C(F)(F)F)cc2OC)c1Cl. The maximum atomic E-state index is 12.8. The first-order valence-electron chi connectivity index (χ1n) is 8.32.